The van der Waals surface area contributed by atoms with Crippen LogP contribution in [0.15, 0.2) is 53.6 Å². The van der Waals surface area contributed by atoms with Crippen LogP contribution in [0.5, 0.6) is 5.75 Å². The monoisotopic (exact) mass is 367 g/mol. The lowest BCUT2D eigenvalue weighted by molar-refractivity contribution is -0.124. The summed E-state index contributed by atoms with van der Waals surface area (Å²) in [7, 11) is 0. The molecule has 27 heavy (non-hydrogen) atoms. The molecule has 2 rings (SSSR count). The quantitative estimate of drug-likeness (QED) is 0.524. The number of carbonyl (C=O) groups is 2. The number of hydrogen-bond donors (Lipinski definition) is 2. The molecule has 0 spiro atoms. The fraction of sp³-hybridized carbons (Fsp3) is 0.286. The summed E-state index contributed by atoms with van der Waals surface area (Å²) in [5.74, 6) is 0.184. The van der Waals surface area contributed by atoms with Gasteiger partial charge in [0.1, 0.15) is 5.75 Å². The van der Waals surface area contributed by atoms with Gasteiger partial charge in [-0.05, 0) is 37.6 Å². The number of para-hydroxylation sites is 1. The van der Waals surface area contributed by atoms with E-state index >= 15 is 0 Å². The molecular formula is C21H25N3O3. The van der Waals surface area contributed by atoms with Gasteiger partial charge >= 0.3 is 0 Å². The lowest BCUT2D eigenvalue weighted by Gasteiger charge is -2.07. The Bertz CT molecular complexity index is 786. The molecule has 0 bridgehead atoms. The third kappa shape index (κ3) is 7.32. The summed E-state index contributed by atoms with van der Waals surface area (Å²) in [6.45, 7) is 4.63. The van der Waals surface area contributed by atoms with Crippen molar-refractivity contribution in [3.63, 3.8) is 0 Å². The van der Waals surface area contributed by atoms with Crippen molar-refractivity contribution < 1.29 is 14.3 Å². The highest BCUT2D eigenvalue weighted by Gasteiger charge is 2.07. The molecule has 0 saturated heterocycles. The highest BCUT2D eigenvalue weighted by molar-refractivity contribution is 5.93. The molecular weight excluding hydrogens is 342 g/mol. The van der Waals surface area contributed by atoms with Gasteiger partial charge in [-0.1, -0.05) is 36.8 Å². The third-order valence-electron chi connectivity index (χ3n) is 3.69. The Kier molecular flexibility index (Phi) is 8.03. The van der Waals surface area contributed by atoms with Gasteiger partial charge in [-0.2, -0.15) is 5.10 Å². The Morgan fingerprint density at radius 1 is 1.04 bits per heavy atom. The van der Waals surface area contributed by atoms with Gasteiger partial charge in [0, 0.05) is 24.1 Å². The maximum absolute atomic E-state index is 11.9. The molecule has 0 unspecified atom stereocenters. The van der Waals surface area contributed by atoms with Crippen LogP contribution in [0.1, 0.15) is 37.3 Å². The minimum Gasteiger partial charge on any atom is -0.493 e. The first kappa shape index (κ1) is 20.2. The predicted molar refractivity (Wildman–Crippen MR) is 107 cm³/mol. The number of nitrogens with zero attached hydrogens (tertiary/aromatic N) is 1. The number of rotatable bonds is 9. The van der Waals surface area contributed by atoms with E-state index in [-0.39, 0.29) is 24.7 Å². The van der Waals surface area contributed by atoms with Crippen molar-refractivity contribution in [2.24, 2.45) is 5.10 Å². The van der Waals surface area contributed by atoms with Crippen LogP contribution in [0.4, 0.5) is 5.69 Å². The summed E-state index contributed by atoms with van der Waals surface area (Å²) in [6.07, 6.45) is 2.59. The molecule has 2 N–H and O–H groups in total. The standard InChI is InChI=1S/C21H25N3O3/c1-3-14-27-19-7-5-4-6-17(19)15-22-24-21(26)13-12-20(25)23-18-10-8-16(2)9-11-18/h4-11,15H,3,12-14H2,1-2H3,(H,23,25)(H,24,26). The molecule has 2 aromatic carbocycles. The summed E-state index contributed by atoms with van der Waals surface area (Å²) < 4.78 is 5.63. The average Bonchev–Trinajstić information content (AvgIpc) is 2.67. The van der Waals surface area contributed by atoms with Gasteiger partial charge in [0.25, 0.3) is 0 Å². The summed E-state index contributed by atoms with van der Waals surface area (Å²) in [5.41, 5.74) is 5.05. The van der Waals surface area contributed by atoms with Crippen molar-refractivity contribution in [3.8, 4) is 5.75 Å². The molecule has 0 aliphatic carbocycles. The van der Waals surface area contributed by atoms with Crippen molar-refractivity contribution >= 4 is 23.7 Å². The average molecular weight is 367 g/mol. The molecule has 0 atom stereocenters. The smallest absolute Gasteiger partial charge is 0.240 e. The fourth-order valence-corrected chi connectivity index (χ4v) is 2.25. The molecule has 2 amide bonds. The molecule has 0 fully saturated rings. The van der Waals surface area contributed by atoms with Crippen molar-refractivity contribution in [2.75, 3.05) is 11.9 Å². The molecule has 0 aliphatic heterocycles. The number of hydrazone groups is 1. The third-order valence-corrected chi connectivity index (χ3v) is 3.69. The first-order valence-electron chi connectivity index (χ1n) is 8.98. The van der Waals surface area contributed by atoms with E-state index in [0.717, 1.165) is 23.3 Å². The van der Waals surface area contributed by atoms with Crippen molar-refractivity contribution in [2.45, 2.75) is 33.1 Å². The lowest BCUT2D eigenvalue weighted by Crippen LogP contribution is -2.20. The van der Waals surface area contributed by atoms with Gasteiger partial charge in [0.05, 0.1) is 12.8 Å². The largest absolute Gasteiger partial charge is 0.493 e. The highest BCUT2D eigenvalue weighted by atomic mass is 16.5. The van der Waals surface area contributed by atoms with Crippen LogP contribution in [0.3, 0.4) is 0 Å². The van der Waals surface area contributed by atoms with E-state index in [1.165, 1.54) is 6.21 Å². The summed E-state index contributed by atoms with van der Waals surface area (Å²) in [5, 5.41) is 6.71. The van der Waals surface area contributed by atoms with E-state index in [2.05, 4.69) is 15.8 Å². The van der Waals surface area contributed by atoms with E-state index in [4.69, 9.17) is 4.74 Å². The zero-order valence-electron chi connectivity index (χ0n) is 15.7. The van der Waals surface area contributed by atoms with E-state index in [1.54, 1.807) is 0 Å². The first-order chi connectivity index (χ1) is 13.1. The Morgan fingerprint density at radius 2 is 1.74 bits per heavy atom. The molecule has 0 saturated carbocycles. The first-order valence-corrected chi connectivity index (χ1v) is 8.98. The number of hydrogen-bond acceptors (Lipinski definition) is 4. The van der Waals surface area contributed by atoms with Crippen LogP contribution in [-0.4, -0.2) is 24.6 Å². The molecule has 6 nitrogen and oxygen atoms in total. The second-order valence-corrected chi connectivity index (χ2v) is 6.09. The van der Waals surface area contributed by atoms with Gasteiger partial charge < -0.3 is 10.1 Å². The van der Waals surface area contributed by atoms with Crippen LogP contribution in [-0.2, 0) is 9.59 Å². The Balaban J connectivity index is 1.76. The molecule has 0 aliphatic rings. The summed E-state index contributed by atoms with van der Waals surface area (Å²) in [4.78, 5) is 23.8. The molecule has 0 aromatic heterocycles. The molecule has 142 valence electrons. The zero-order chi connectivity index (χ0) is 19.5. The second kappa shape index (κ2) is 10.8. The lowest BCUT2D eigenvalue weighted by atomic mass is 10.2. The van der Waals surface area contributed by atoms with E-state index in [1.807, 2.05) is 62.4 Å². The Morgan fingerprint density at radius 3 is 2.48 bits per heavy atom. The van der Waals surface area contributed by atoms with Crippen molar-refractivity contribution in [1.82, 2.24) is 5.43 Å². The Hall–Kier alpha value is -3.15. The minimum absolute atomic E-state index is 0.0585. The maximum Gasteiger partial charge on any atom is 0.240 e. The van der Waals surface area contributed by atoms with Crippen LogP contribution >= 0.6 is 0 Å². The molecule has 6 heteroatoms. The van der Waals surface area contributed by atoms with Gasteiger partial charge in [-0.25, -0.2) is 5.43 Å². The molecule has 0 heterocycles. The number of carbonyl (C=O) groups excluding carboxylic acids is 2. The normalized spacial score (nSPS) is 10.6. The molecule has 0 radical (unpaired) electrons. The fourth-order valence-electron chi connectivity index (χ4n) is 2.25. The number of aryl methyl sites for hydroxylation is 1. The predicted octanol–water partition coefficient (Wildman–Crippen LogP) is 3.65. The van der Waals surface area contributed by atoms with E-state index in [0.29, 0.717) is 12.3 Å². The van der Waals surface area contributed by atoms with Crippen molar-refractivity contribution in [3.05, 3.63) is 59.7 Å². The van der Waals surface area contributed by atoms with Crippen LogP contribution < -0.4 is 15.5 Å². The topological polar surface area (TPSA) is 79.8 Å². The van der Waals surface area contributed by atoms with Gasteiger partial charge in [0.15, 0.2) is 0 Å². The number of benzene rings is 2. The summed E-state index contributed by atoms with van der Waals surface area (Å²) in [6, 6.07) is 15.0. The van der Waals surface area contributed by atoms with Gasteiger partial charge in [-0.3, -0.25) is 9.59 Å². The van der Waals surface area contributed by atoms with E-state index in [9.17, 15) is 9.59 Å². The number of amides is 2. The van der Waals surface area contributed by atoms with Crippen molar-refractivity contribution in [1.29, 1.82) is 0 Å². The number of nitrogens with one attached hydrogen (secondary N) is 2. The van der Waals surface area contributed by atoms with Crippen LogP contribution in [0.2, 0.25) is 0 Å². The van der Waals surface area contributed by atoms with Gasteiger partial charge in [0.2, 0.25) is 11.8 Å². The Labute approximate surface area is 159 Å². The highest BCUT2D eigenvalue weighted by Crippen LogP contribution is 2.16. The summed E-state index contributed by atoms with van der Waals surface area (Å²) >= 11 is 0. The van der Waals surface area contributed by atoms with Crippen LogP contribution in [0, 0.1) is 6.92 Å². The molecule has 2 aromatic rings. The second-order valence-electron chi connectivity index (χ2n) is 6.09. The number of ether oxygens (including phenoxy) is 1. The van der Waals surface area contributed by atoms with E-state index < -0.39 is 0 Å². The van der Waals surface area contributed by atoms with Crippen LogP contribution in [0.25, 0.3) is 0 Å². The SMILES string of the molecule is CCCOc1ccccc1C=NNC(=O)CCC(=O)Nc1ccc(C)cc1. The minimum atomic E-state index is -0.322. The van der Waals surface area contributed by atoms with Gasteiger partial charge in [-0.15, -0.1) is 0 Å². The maximum atomic E-state index is 11.9. The zero-order valence-corrected chi connectivity index (χ0v) is 15.7. The number of anilines is 1.